The molecule has 0 aliphatic carbocycles. The van der Waals surface area contributed by atoms with Crippen LogP contribution in [0.2, 0.25) is 0 Å². The fourth-order valence-electron chi connectivity index (χ4n) is 1.89. The molecule has 0 radical (unpaired) electrons. The molecule has 1 N–H and O–H groups in total. The van der Waals surface area contributed by atoms with Crippen LogP contribution < -0.4 is 0 Å². The minimum atomic E-state index is -4.08. The predicted molar refractivity (Wildman–Crippen MR) is 105 cm³/mol. The standard InChI is InChI=1S/C16H31O6PS2/c1-4-6-8-10-15(17)24-13-14(12-22-23(19,20)21-3)25-16(18)11-9-7-5-2/h14H,4-13H2,1-3H3,(H,19,20)/t14-/m1/s1. The summed E-state index contributed by atoms with van der Waals surface area (Å²) in [6.07, 6.45) is 6.77. The van der Waals surface area contributed by atoms with Gasteiger partial charge in [0.2, 0.25) is 0 Å². The van der Waals surface area contributed by atoms with E-state index >= 15 is 0 Å². The van der Waals surface area contributed by atoms with Crippen molar-refractivity contribution in [1.29, 1.82) is 0 Å². The molecule has 0 heterocycles. The summed E-state index contributed by atoms with van der Waals surface area (Å²) in [7, 11) is -3.00. The molecule has 0 aromatic heterocycles. The van der Waals surface area contributed by atoms with Crippen LogP contribution in [0.15, 0.2) is 0 Å². The topological polar surface area (TPSA) is 89.9 Å². The van der Waals surface area contributed by atoms with Gasteiger partial charge < -0.3 is 4.89 Å². The molecule has 0 aromatic carbocycles. The second-order valence-corrected chi connectivity index (χ2v) is 9.65. The van der Waals surface area contributed by atoms with Crippen LogP contribution in [0.25, 0.3) is 0 Å². The molecule has 2 atom stereocenters. The summed E-state index contributed by atoms with van der Waals surface area (Å²) >= 11 is 2.25. The van der Waals surface area contributed by atoms with Crippen molar-refractivity contribution in [3.05, 3.63) is 0 Å². The van der Waals surface area contributed by atoms with Gasteiger partial charge in [-0.1, -0.05) is 63.1 Å². The first kappa shape index (κ1) is 25.1. The molecule has 0 aliphatic heterocycles. The molecular formula is C16H31O6PS2. The quantitative estimate of drug-likeness (QED) is 0.302. The Bertz CT molecular complexity index is 433. The maximum Gasteiger partial charge on any atom is 0.471 e. The highest BCUT2D eigenvalue weighted by Crippen LogP contribution is 2.42. The fraction of sp³-hybridized carbons (Fsp3) is 0.875. The van der Waals surface area contributed by atoms with Crippen molar-refractivity contribution < 1.29 is 28.1 Å². The molecule has 0 fully saturated rings. The minimum absolute atomic E-state index is 0.0197. The van der Waals surface area contributed by atoms with Crippen molar-refractivity contribution in [2.45, 2.75) is 70.5 Å². The van der Waals surface area contributed by atoms with Crippen LogP contribution in [-0.2, 0) is 23.2 Å². The molecule has 0 amide bonds. The van der Waals surface area contributed by atoms with E-state index in [-0.39, 0.29) is 22.1 Å². The smallest absolute Gasteiger partial charge is 0.303 e. The molecule has 25 heavy (non-hydrogen) atoms. The van der Waals surface area contributed by atoms with Crippen LogP contribution >= 0.6 is 31.3 Å². The Labute approximate surface area is 159 Å². The van der Waals surface area contributed by atoms with Gasteiger partial charge in [-0.05, 0) is 12.8 Å². The Balaban J connectivity index is 4.43. The lowest BCUT2D eigenvalue weighted by Crippen LogP contribution is -2.18. The molecule has 0 spiro atoms. The molecule has 0 aliphatic rings. The number of carbonyl (C=O) groups excluding carboxylic acids is 2. The number of phosphoric acid groups is 1. The van der Waals surface area contributed by atoms with Gasteiger partial charge >= 0.3 is 7.82 Å². The van der Waals surface area contributed by atoms with E-state index in [1.807, 2.05) is 0 Å². The van der Waals surface area contributed by atoms with Gasteiger partial charge in [0.1, 0.15) is 0 Å². The first-order valence-electron chi connectivity index (χ1n) is 8.72. The zero-order valence-electron chi connectivity index (χ0n) is 15.4. The average Bonchev–Trinajstić information content (AvgIpc) is 2.58. The van der Waals surface area contributed by atoms with Crippen molar-refractivity contribution in [1.82, 2.24) is 0 Å². The largest absolute Gasteiger partial charge is 0.471 e. The van der Waals surface area contributed by atoms with Gasteiger partial charge in [-0.15, -0.1) is 0 Å². The molecule has 0 rings (SSSR count). The monoisotopic (exact) mass is 414 g/mol. The molecule has 148 valence electrons. The first-order valence-corrected chi connectivity index (χ1v) is 12.1. The Morgan fingerprint density at radius 1 is 1.04 bits per heavy atom. The third-order valence-electron chi connectivity index (χ3n) is 3.35. The van der Waals surface area contributed by atoms with Crippen LogP contribution in [0.3, 0.4) is 0 Å². The van der Waals surface area contributed by atoms with E-state index in [4.69, 9.17) is 4.52 Å². The molecule has 0 bridgehead atoms. The van der Waals surface area contributed by atoms with Gasteiger partial charge in [-0.2, -0.15) is 0 Å². The number of unbranched alkanes of at least 4 members (excludes halogenated alkanes) is 4. The average molecular weight is 415 g/mol. The summed E-state index contributed by atoms with van der Waals surface area (Å²) in [5.41, 5.74) is 0. The van der Waals surface area contributed by atoms with Gasteiger partial charge in [0.15, 0.2) is 10.2 Å². The Hall–Kier alpha value is 0.150. The second-order valence-electron chi connectivity index (χ2n) is 5.66. The number of hydrogen-bond acceptors (Lipinski definition) is 7. The Morgan fingerprint density at radius 3 is 2.12 bits per heavy atom. The number of carbonyl (C=O) groups is 2. The van der Waals surface area contributed by atoms with E-state index in [2.05, 4.69) is 18.4 Å². The van der Waals surface area contributed by atoms with Crippen LogP contribution in [0.4, 0.5) is 0 Å². The number of phosphoric ester groups is 1. The van der Waals surface area contributed by atoms with Crippen LogP contribution in [0.5, 0.6) is 0 Å². The van der Waals surface area contributed by atoms with Crippen molar-refractivity contribution in [2.24, 2.45) is 0 Å². The lowest BCUT2D eigenvalue weighted by Gasteiger charge is -2.17. The minimum Gasteiger partial charge on any atom is -0.303 e. The van der Waals surface area contributed by atoms with Crippen molar-refractivity contribution >= 4 is 41.6 Å². The fourth-order valence-corrected chi connectivity index (χ4v) is 4.47. The summed E-state index contributed by atoms with van der Waals surface area (Å²) in [6, 6.07) is 0. The molecule has 0 aromatic rings. The molecule has 0 saturated heterocycles. The van der Waals surface area contributed by atoms with Crippen LogP contribution in [0, 0.1) is 0 Å². The van der Waals surface area contributed by atoms with E-state index in [0.29, 0.717) is 18.6 Å². The third-order valence-corrected chi connectivity index (χ3v) is 6.70. The summed E-state index contributed by atoms with van der Waals surface area (Å²) in [5, 5.41) is -0.257. The summed E-state index contributed by atoms with van der Waals surface area (Å²) in [5.74, 6) is 0.374. The summed E-state index contributed by atoms with van der Waals surface area (Å²) in [4.78, 5) is 33.2. The summed E-state index contributed by atoms with van der Waals surface area (Å²) < 4.78 is 20.7. The van der Waals surface area contributed by atoms with Gasteiger partial charge in [-0.3, -0.25) is 18.6 Å². The maximum atomic E-state index is 12.0. The van der Waals surface area contributed by atoms with E-state index < -0.39 is 7.82 Å². The molecular weight excluding hydrogens is 383 g/mol. The Kier molecular flexibility index (Phi) is 15.3. The molecule has 9 heteroatoms. The molecule has 0 saturated carbocycles. The third kappa shape index (κ3) is 15.0. The van der Waals surface area contributed by atoms with Crippen molar-refractivity contribution in [2.75, 3.05) is 19.5 Å². The maximum absolute atomic E-state index is 12.0. The highest BCUT2D eigenvalue weighted by Gasteiger charge is 2.24. The van der Waals surface area contributed by atoms with Gasteiger partial charge in [-0.25, -0.2) is 4.57 Å². The summed E-state index contributed by atoms with van der Waals surface area (Å²) in [6.45, 7) is 4.04. The lowest BCUT2D eigenvalue weighted by atomic mass is 10.2. The number of rotatable bonds is 15. The van der Waals surface area contributed by atoms with Crippen molar-refractivity contribution in [3.8, 4) is 0 Å². The Morgan fingerprint density at radius 2 is 1.60 bits per heavy atom. The van der Waals surface area contributed by atoms with Crippen LogP contribution in [0.1, 0.15) is 65.2 Å². The van der Waals surface area contributed by atoms with E-state index in [1.165, 1.54) is 0 Å². The van der Waals surface area contributed by atoms with Gasteiger partial charge in [0.05, 0.1) is 6.61 Å². The SMILES string of the molecule is CCCCCC(=O)SC[C@@H](COP(=O)(O)OC)SC(=O)CCCCC. The number of hydrogen-bond donors (Lipinski definition) is 1. The van der Waals surface area contributed by atoms with Gasteiger partial charge in [0.25, 0.3) is 0 Å². The van der Waals surface area contributed by atoms with E-state index in [9.17, 15) is 19.0 Å². The predicted octanol–water partition coefficient (Wildman–Crippen LogP) is 4.80. The zero-order valence-corrected chi connectivity index (χ0v) is 17.9. The van der Waals surface area contributed by atoms with Gasteiger partial charge in [0, 0.05) is 31.0 Å². The lowest BCUT2D eigenvalue weighted by molar-refractivity contribution is -0.112. The van der Waals surface area contributed by atoms with E-state index in [0.717, 1.165) is 69.2 Å². The van der Waals surface area contributed by atoms with Crippen molar-refractivity contribution in [3.63, 3.8) is 0 Å². The molecule has 1 unspecified atom stereocenters. The second kappa shape index (κ2) is 15.2. The highest BCUT2D eigenvalue weighted by atomic mass is 32.2. The zero-order chi connectivity index (χ0) is 19.1. The number of thioether (sulfide) groups is 2. The normalized spacial score (nSPS) is 14.9. The van der Waals surface area contributed by atoms with E-state index in [1.54, 1.807) is 0 Å². The molecule has 6 nitrogen and oxygen atoms in total. The first-order chi connectivity index (χ1) is 11.8. The van der Waals surface area contributed by atoms with Crippen LogP contribution in [-0.4, -0.2) is 39.8 Å². The highest BCUT2D eigenvalue weighted by molar-refractivity contribution is 8.17.